The fourth-order valence-corrected chi connectivity index (χ4v) is 5.81. The van der Waals surface area contributed by atoms with Gasteiger partial charge in [-0.15, -0.1) is 10.2 Å². The quantitative estimate of drug-likeness (QED) is 0.591. The highest BCUT2D eigenvalue weighted by molar-refractivity contribution is 5.65. The number of hydrogen-bond donors (Lipinski definition) is 1. The maximum Gasteiger partial charge on any atom is 0.420 e. The van der Waals surface area contributed by atoms with Crippen molar-refractivity contribution < 1.29 is 22.3 Å². The van der Waals surface area contributed by atoms with Crippen LogP contribution in [0.25, 0.3) is 11.3 Å². The van der Waals surface area contributed by atoms with Gasteiger partial charge < -0.3 is 15.0 Å². The van der Waals surface area contributed by atoms with E-state index in [9.17, 15) is 17.6 Å². The number of hydrogen-bond acceptors (Lipinski definition) is 5. The predicted molar refractivity (Wildman–Crippen MR) is 121 cm³/mol. The smallest absolute Gasteiger partial charge is 0.377 e. The second kappa shape index (κ2) is 9.41. The summed E-state index contributed by atoms with van der Waals surface area (Å²) in [6, 6.07) is 4.88. The van der Waals surface area contributed by atoms with E-state index >= 15 is 0 Å². The number of nitrogens with zero attached hydrogens (tertiary/aromatic N) is 3. The Hall–Kier alpha value is -2.26. The lowest BCUT2D eigenvalue weighted by molar-refractivity contribution is -0.137. The van der Waals surface area contributed by atoms with Crippen molar-refractivity contribution in [3.63, 3.8) is 0 Å². The number of ether oxygens (including phenoxy) is 1. The highest BCUT2D eigenvalue weighted by atomic mass is 19.4. The summed E-state index contributed by atoms with van der Waals surface area (Å²) in [5, 5.41) is 11.0. The van der Waals surface area contributed by atoms with E-state index in [1.807, 2.05) is 0 Å². The molecule has 5 nitrogen and oxygen atoms in total. The van der Waals surface area contributed by atoms with Crippen LogP contribution in [0.15, 0.2) is 24.3 Å². The van der Waals surface area contributed by atoms with Gasteiger partial charge in [-0.25, -0.2) is 4.39 Å². The van der Waals surface area contributed by atoms with E-state index in [1.165, 1.54) is 24.6 Å². The monoisotopic (exact) mass is 478 g/mol. The SMILES string of the molecule is Cc1ccc(F)cc1-c1cc(C(F)(F)F)c(N[C@@H]2C[C@@H]3CN(CC4CCCCO4)C[C@@H]3C2)nn1. The van der Waals surface area contributed by atoms with Crippen LogP contribution in [-0.4, -0.2) is 53.5 Å². The van der Waals surface area contributed by atoms with Crippen molar-refractivity contribution in [2.24, 2.45) is 11.8 Å². The van der Waals surface area contributed by atoms with E-state index < -0.39 is 17.6 Å². The van der Waals surface area contributed by atoms with Crippen LogP contribution >= 0.6 is 0 Å². The third kappa shape index (κ3) is 5.05. The molecule has 0 spiro atoms. The number of fused-ring (bicyclic) bond motifs is 1. The van der Waals surface area contributed by atoms with Crippen LogP contribution < -0.4 is 5.32 Å². The van der Waals surface area contributed by atoms with Gasteiger partial charge in [-0.05, 0) is 74.6 Å². The Bertz CT molecular complexity index is 1010. The van der Waals surface area contributed by atoms with Gasteiger partial charge in [0.25, 0.3) is 0 Å². The van der Waals surface area contributed by atoms with Crippen molar-refractivity contribution in [3.05, 3.63) is 41.2 Å². The molecule has 5 rings (SSSR count). The van der Waals surface area contributed by atoms with Gasteiger partial charge in [0.1, 0.15) is 11.4 Å². The Labute approximate surface area is 196 Å². The van der Waals surface area contributed by atoms with Gasteiger partial charge in [-0.3, -0.25) is 0 Å². The molecule has 3 fully saturated rings. The van der Waals surface area contributed by atoms with Gasteiger partial charge in [0, 0.05) is 37.8 Å². The summed E-state index contributed by atoms with van der Waals surface area (Å²) in [5.74, 6) is 0.165. The number of rotatable bonds is 5. The molecule has 4 atom stereocenters. The first kappa shape index (κ1) is 23.5. The number of aromatic nitrogens is 2. The maximum absolute atomic E-state index is 13.9. The molecule has 1 aromatic heterocycles. The number of halogens is 4. The van der Waals surface area contributed by atoms with Crippen molar-refractivity contribution in [2.75, 3.05) is 31.6 Å². The molecule has 1 aromatic carbocycles. The summed E-state index contributed by atoms with van der Waals surface area (Å²) in [7, 11) is 0. The Morgan fingerprint density at radius 2 is 1.85 bits per heavy atom. The summed E-state index contributed by atoms with van der Waals surface area (Å²) < 4.78 is 61.3. The lowest BCUT2D eigenvalue weighted by atomic mass is 10.0. The first-order valence-electron chi connectivity index (χ1n) is 12.1. The minimum atomic E-state index is -4.60. The van der Waals surface area contributed by atoms with E-state index in [2.05, 4.69) is 20.4 Å². The number of alkyl halides is 3. The van der Waals surface area contributed by atoms with Crippen LogP contribution in [-0.2, 0) is 10.9 Å². The van der Waals surface area contributed by atoms with Crippen LogP contribution in [0.2, 0.25) is 0 Å². The average molecular weight is 479 g/mol. The molecule has 1 saturated carbocycles. The third-order valence-corrected chi connectivity index (χ3v) is 7.48. The molecule has 0 amide bonds. The van der Waals surface area contributed by atoms with Crippen molar-refractivity contribution >= 4 is 5.82 Å². The number of anilines is 1. The molecule has 34 heavy (non-hydrogen) atoms. The van der Waals surface area contributed by atoms with Gasteiger partial charge in [-0.1, -0.05) is 6.07 Å². The Morgan fingerprint density at radius 3 is 2.53 bits per heavy atom. The molecule has 0 bridgehead atoms. The molecule has 2 aliphatic heterocycles. The number of likely N-dealkylation sites (tertiary alicyclic amines) is 1. The average Bonchev–Trinajstić information content (AvgIpc) is 3.33. The van der Waals surface area contributed by atoms with E-state index in [0.29, 0.717) is 29.1 Å². The van der Waals surface area contributed by atoms with Gasteiger partial charge in [0.05, 0.1) is 11.8 Å². The fraction of sp³-hybridized carbons (Fsp3) is 0.600. The van der Waals surface area contributed by atoms with Gasteiger partial charge in [-0.2, -0.15) is 13.2 Å². The van der Waals surface area contributed by atoms with Crippen molar-refractivity contribution in [2.45, 2.75) is 57.3 Å². The molecule has 9 heteroatoms. The molecule has 1 aliphatic carbocycles. The van der Waals surface area contributed by atoms with E-state index in [-0.39, 0.29) is 17.6 Å². The van der Waals surface area contributed by atoms with E-state index in [0.717, 1.165) is 58.0 Å². The van der Waals surface area contributed by atoms with Gasteiger partial charge in [0.15, 0.2) is 5.82 Å². The molecule has 2 saturated heterocycles. The van der Waals surface area contributed by atoms with E-state index in [1.54, 1.807) is 6.92 Å². The van der Waals surface area contributed by atoms with Crippen molar-refractivity contribution in [1.29, 1.82) is 0 Å². The number of nitrogens with one attached hydrogen (secondary N) is 1. The standard InChI is InChI=1S/C25H30F4N4O/c1-15-5-6-18(26)10-21(15)23-11-22(25(27,28)29)24(32-31-23)30-19-8-16-12-33(13-17(16)9-19)14-20-4-2-3-7-34-20/h5-6,10-11,16-17,19-20H,2-4,7-9,12-14H2,1H3,(H,30,32)/t16-,17+,19-,20?. The van der Waals surface area contributed by atoms with Crippen LogP contribution in [0.3, 0.4) is 0 Å². The molecule has 3 heterocycles. The zero-order chi connectivity index (χ0) is 23.9. The Balaban J connectivity index is 1.26. The molecule has 3 aliphatic rings. The second-order valence-corrected chi connectivity index (χ2v) is 9.99. The first-order valence-corrected chi connectivity index (χ1v) is 12.1. The first-order chi connectivity index (χ1) is 16.3. The van der Waals surface area contributed by atoms with Crippen LogP contribution in [0.5, 0.6) is 0 Å². The molecular formula is C25H30F4N4O. The molecule has 1 unspecified atom stereocenters. The van der Waals surface area contributed by atoms with Crippen LogP contribution in [0.1, 0.15) is 43.2 Å². The molecular weight excluding hydrogens is 448 g/mol. The zero-order valence-corrected chi connectivity index (χ0v) is 19.2. The number of aryl methyl sites for hydroxylation is 1. The largest absolute Gasteiger partial charge is 0.420 e. The van der Waals surface area contributed by atoms with Gasteiger partial charge in [0.2, 0.25) is 0 Å². The van der Waals surface area contributed by atoms with Crippen molar-refractivity contribution in [1.82, 2.24) is 15.1 Å². The lowest BCUT2D eigenvalue weighted by Gasteiger charge is -2.28. The molecule has 184 valence electrons. The Morgan fingerprint density at radius 1 is 1.09 bits per heavy atom. The summed E-state index contributed by atoms with van der Waals surface area (Å²) in [4.78, 5) is 2.46. The van der Waals surface area contributed by atoms with Crippen LogP contribution in [0, 0.1) is 24.6 Å². The fourth-order valence-electron chi connectivity index (χ4n) is 5.81. The third-order valence-electron chi connectivity index (χ3n) is 7.48. The summed E-state index contributed by atoms with van der Waals surface area (Å²) in [5.41, 5.74) is 0.0892. The maximum atomic E-state index is 13.9. The van der Waals surface area contributed by atoms with E-state index in [4.69, 9.17) is 4.74 Å². The predicted octanol–water partition coefficient (Wildman–Crippen LogP) is 5.30. The van der Waals surface area contributed by atoms with Crippen LogP contribution in [0.4, 0.5) is 23.4 Å². The highest BCUT2D eigenvalue weighted by Crippen LogP contribution is 2.41. The normalized spacial score (nSPS) is 27.7. The van der Waals surface area contributed by atoms with Crippen molar-refractivity contribution in [3.8, 4) is 11.3 Å². The second-order valence-electron chi connectivity index (χ2n) is 9.99. The minimum Gasteiger partial charge on any atom is -0.377 e. The molecule has 0 radical (unpaired) electrons. The van der Waals surface area contributed by atoms with Gasteiger partial charge >= 0.3 is 6.18 Å². The minimum absolute atomic E-state index is 0.0127. The summed E-state index contributed by atoms with van der Waals surface area (Å²) in [6.07, 6.45) is 0.816. The Kier molecular flexibility index (Phi) is 6.50. The lowest BCUT2D eigenvalue weighted by Crippen LogP contribution is -2.35. The highest BCUT2D eigenvalue weighted by Gasteiger charge is 2.43. The molecule has 2 aromatic rings. The zero-order valence-electron chi connectivity index (χ0n) is 19.2. The topological polar surface area (TPSA) is 50.3 Å². The summed E-state index contributed by atoms with van der Waals surface area (Å²) in [6.45, 7) is 5.45. The summed E-state index contributed by atoms with van der Waals surface area (Å²) >= 11 is 0. The molecule has 1 N–H and O–H groups in total. The number of benzene rings is 1.